The van der Waals surface area contributed by atoms with Crippen molar-refractivity contribution in [3.63, 3.8) is 0 Å². The minimum Gasteiger partial charge on any atom is -0.442 e. The summed E-state index contributed by atoms with van der Waals surface area (Å²) in [5.41, 5.74) is 2.79. The van der Waals surface area contributed by atoms with Crippen molar-refractivity contribution in [2.45, 2.75) is 32.9 Å². The Bertz CT molecular complexity index is 438. The minimum absolute atomic E-state index is 0.165. The molecule has 0 aliphatic carbocycles. The molecule has 104 valence electrons. The number of ether oxygens (including phenoxy) is 1. The molecule has 0 aromatic heterocycles. The van der Waals surface area contributed by atoms with Gasteiger partial charge >= 0.3 is 6.09 Å². The van der Waals surface area contributed by atoms with Crippen LogP contribution in [0, 0.1) is 0 Å². The van der Waals surface area contributed by atoms with Crippen molar-refractivity contribution < 1.29 is 9.53 Å². The van der Waals surface area contributed by atoms with Crippen LogP contribution in [0.1, 0.15) is 26.3 Å². The highest BCUT2D eigenvalue weighted by atomic mass is 16.6. The number of carbonyl (C=O) groups is 1. The molecule has 0 aliphatic rings. The van der Waals surface area contributed by atoms with E-state index < -0.39 is 11.7 Å². The Morgan fingerprint density at radius 2 is 1.95 bits per heavy atom. The Kier molecular flexibility index (Phi) is 5.32. The first-order chi connectivity index (χ1) is 8.90. The van der Waals surface area contributed by atoms with E-state index in [4.69, 9.17) is 10.6 Å². The lowest BCUT2D eigenvalue weighted by Gasteiger charge is -2.17. The van der Waals surface area contributed by atoms with E-state index in [0.717, 1.165) is 5.56 Å². The van der Waals surface area contributed by atoms with Crippen LogP contribution in [0.15, 0.2) is 35.3 Å². The van der Waals surface area contributed by atoms with Gasteiger partial charge in [-0.25, -0.2) is 10.6 Å². The highest BCUT2D eigenvalue weighted by Gasteiger charge is 2.16. The molecule has 0 fully saturated rings. The van der Waals surface area contributed by atoms with Gasteiger partial charge in [-0.05, 0) is 26.3 Å². The van der Waals surface area contributed by atoms with Crippen LogP contribution in [-0.4, -0.2) is 17.7 Å². The van der Waals surface area contributed by atoms with E-state index in [2.05, 4.69) is 15.7 Å². The van der Waals surface area contributed by atoms with Gasteiger partial charge in [-0.1, -0.05) is 30.3 Å². The molecule has 1 aromatic carbocycles. The van der Waals surface area contributed by atoms with E-state index >= 15 is 0 Å². The third-order valence-electron chi connectivity index (χ3n) is 2.04. The highest BCUT2D eigenvalue weighted by Crippen LogP contribution is 2.07. The van der Waals surface area contributed by atoms with E-state index in [1.807, 2.05) is 30.3 Å². The summed E-state index contributed by atoms with van der Waals surface area (Å²) in [6.07, 6.45) is -0.694. The third-order valence-corrected chi connectivity index (χ3v) is 2.04. The number of nitrogens with one attached hydrogen (secondary N) is 2. The summed E-state index contributed by atoms with van der Waals surface area (Å²) in [7, 11) is 0. The Balaban J connectivity index is 2.55. The summed E-state index contributed by atoms with van der Waals surface area (Å²) in [4.78, 5) is 15.2. The van der Waals surface area contributed by atoms with Gasteiger partial charge < -0.3 is 10.1 Å². The molecule has 0 radical (unpaired) electrons. The molecule has 0 aliphatic heterocycles. The number of rotatable bonds is 2. The smallest absolute Gasteiger partial charge is 0.437 e. The topological polar surface area (TPSA) is 88.7 Å². The van der Waals surface area contributed by atoms with Gasteiger partial charge in [-0.3, -0.25) is 5.43 Å². The maximum Gasteiger partial charge on any atom is 0.437 e. The van der Waals surface area contributed by atoms with Gasteiger partial charge in [0.2, 0.25) is 5.96 Å². The molecule has 6 nitrogen and oxygen atoms in total. The van der Waals surface area contributed by atoms with Gasteiger partial charge in [0.15, 0.2) is 0 Å². The predicted molar refractivity (Wildman–Crippen MR) is 74.3 cm³/mol. The predicted octanol–water partition coefficient (Wildman–Crippen LogP) is 1.53. The van der Waals surface area contributed by atoms with Crippen molar-refractivity contribution >= 4 is 12.1 Å². The summed E-state index contributed by atoms with van der Waals surface area (Å²) in [6.45, 7) is 5.82. The summed E-state index contributed by atoms with van der Waals surface area (Å²) in [5.74, 6) is 5.46. The van der Waals surface area contributed by atoms with E-state index in [-0.39, 0.29) is 5.96 Å². The molecule has 0 saturated carbocycles. The van der Waals surface area contributed by atoms with Crippen LogP contribution >= 0.6 is 0 Å². The van der Waals surface area contributed by atoms with Crippen LogP contribution in [-0.2, 0) is 11.3 Å². The average Bonchev–Trinajstić information content (AvgIpc) is 2.33. The first-order valence-electron chi connectivity index (χ1n) is 5.97. The molecule has 0 atom stereocenters. The Labute approximate surface area is 113 Å². The zero-order valence-electron chi connectivity index (χ0n) is 11.4. The minimum atomic E-state index is -0.694. The summed E-state index contributed by atoms with van der Waals surface area (Å²) >= 11 is 0. The molecule has 0 spiro atoms. The Hall–Kier alpha value is -2.08. The molecule has 0 unspecified atom stereocenters. The SMILES string of the molecule is CC(C)(C)OC(=O)/N=C(\NN)NCc1ccccc1. The molecule has 0 saturated heterocycles. The number of hydrogen-bond donors (Lipinski definition) is 3. The van der Waals surface area contributed by atoms with E-state index in [1.54, 1.807) is 20.8 Å². The Morgan fingerprint density at radius 1 is 1.32 bits per heavy atom. The molecule has 4 N–H and O–H groups in total. The van der Waals surface area contributed by atoms with Gasteiger partial charge in [0.05, 0.1) is 0 Å². The number of aliphatic imine (C=N–C) groups is 1. The third kappa shape index (κ3) is 6.42. The monoisotopic (exact) mass is 264 g/mol. The highest BCUT2D eigenvalue weighted by molar-refractivity contribution is 5.89. The van der Waals surface area contributed by atoms with E-state index in [0.29, 0.717) is 6.54 Å². The molecule has 1 rings (SSSR count). The van der Waals surface area contributed by atoms with Crippen molar-refractivity contribution in [2.75, 3.05) is 0 Å². The van der Waals surface area contributed by atoms with Crippen LogP contribution in [0.25, 0.3) is 0 Å². The number of amides is 1. The second-order valence-electron chi connectivity index (χ2n) is 4.92. The van der Waals surface area contributed by atoms with Crippen LogP contribution in [0.3, 0.4) is 0 Å². The Morgan fingerprint density at radius 3 is 2.47 bits per heavy atom. The number of nitrogens with two attached hydrogens (primary N) is 1. The van der Waals surface area contributed by atoms with Gasteiger partial charge in [0.25, 0.3) is 0 Å². The van der Waals surface area contributed by atoms with Crippen molar-refractivity contribution in [1.29, 1.82) is 0 Å². The summed E-state index contributed by atoms with van der Waals surface area (Å²) in [5, 5.41) is 2.92. The number of benzene rings is 1. The second-order valence-corrected chi connectivity index (χ2v) is 4.92. The maximum absolute atomic E-state index is 11.5. The van der Waals surface area contributed by atoms with Crippen molar-refractivity contribution in [3.05, 3.63) is 35.9 Å². The molecule has 1 aromatic rings. The van der Waals surface area contributed by atoms with Crippen molar-refractivity contribution in [1.82, 2.24) is 10.7 Å². The van der Waals surface area contributed by atoms with Crippen molar-refractivity contribution in [3.8, 4) is 0 Å². The molecule has 0 bridgehead atoms. The number of carbonyl (C=O) groups excluding carboxylic acids is 1. The zero-order chi connectivity index (χ0) is 14.3. The summed E-state index contributed by atoms with van der Waals surface area (Å²) < 4.78 is 5.06. The van der Waals surface area contributed by atoms with Gasteiger partial charge in [-0.15, -0.1) is 4.99 Å². The maximum atomic E-state index is 11.5. The number of hydrazine groups is 1. The van der Waals surface area contributed by atoms with Crippen LogP contribution in [0.2, 0.25) is 0 Å². The van der Waals surface area contributed by atoms with Crippen LogP contribution < -0.4 is 16.6 Å². The van der Waals surface area contributed by atoms with Gasteiger partial charge in [-0.2, -0.15) is 0 Å². The lowest BCUT2D eigenvalue weighted by Crippen LogP contribution is -2.42. The quantitative estimate of drug-likeness (QED) is 0.326. The number of nitrogens with zero attached hydrogens (tertiary/aromatic N) is 1. The molecule has 6 heteroatoms. The van der Waals surface area contributed by atoms with Crippen LogP contribution in [0.4, 0.5) is 4.79 Å². The fourth-order valence-electron chi connectivity index (χ4n) is 1.28. The number of guanidine groups is 1. The lowest BCUT2D eigenvalue weighted by molar-refractivity contribution is 0.0603. The zero-order valence-corrected chi connectivity index (χ0v) is 11.4. The van der Waals surface area contributed by atoms with Gasteiger partial charge in [0, 0.05) is 6.54 Å². The molecule has 1 amide bonds. The van der Waals surface area contributed by atoms with Gasteiger partial charge in [0.1, 0.15) is 5.60 Å². The standard InChI is InChI=1S/C13H20N4O2/c1-13(2,3)19-12(18)16-11(17-14)15-9-10-7-5-4-6-8-10/h4-8H,9,14H2,1-3H3,(H2,15,16,17,18). The molecule has 19 heavy (non-hydrogen) atoms. The lowest BCUT2D eigenvalue weighted by atomic mass is 10.2. The summed E-state index contributed by atoms with van der Waals surface area (Å²) in [6, 6.07) is 9.69. The average molecular weight is 264 g/mol. The van der Waals surface area contributed by atoms with E-state index in [1.165, 1.54) is 0 Å². The van der Waals surface area contributed by atoms with Crippen molar-refractivity contribution in [2.24, 2.45) is 10.8 Å². The molecular weight excluding hydrogens is 244 g/mol. The first-order valence-corrected chi connectivity index (χ1v) is 5.97. The number of hydrogen-bond acceptors (Lipinski definition) is 3. The first kappa shape index (κ1) is 15.0. The largest absolute Gasteiger partial charge is 0.442 e. The fourth-order valence-corrected chi connectivity index (χ4v) is 1.28. The van der Waals surface area contributed by atoms with Crippen LogP contribution in [0.5, 0.6) is 0 Å². The molecular formula is C13H20N4O2. The van der Waals surface area contributed by atoms with E-state index in [9.17, 15) is 4.79 Å². The second kappa shape index (κ2) is 6.75. The fraction of sp³-hybridized carbons (Fsp3) is 0.385. The normalized spacial score (nSPS) is 11.9. The molecule has 0 heterocycles.